The summed E-state index contributed by atoms with van der Waals surface area (Å²) in [6.45, 7) is 6.39. The van der Waals surface area contributed by atoms with Gasteiger partial charge in [0.15, 0.2) is 0 Å². The summed E-state index contributed by atoms with van der Waals surface area (Å²) in [6, 6.07) is 4.01. The normalized spacial score (nSPS) is 25.5. The lowest BCUT2D eigenvalue weighted by Crippen LogP contribution is -2.55. The quantitative estimate of drug-likeness (QED) is 0.896. The highest BCUT2D eigenvalue weighted by Gasteiger charge is 2.32. The molecule has 1 aromatic carbocycles. The number of benzene rings is 1. The van der Waals surface area contributed by atoms with E-state index in [0.717, 1.165) is 0 Å². The molecule has 0 aliphatic carbocycles. The molecule has 1 fully saturated rings. The predicted molar refractivity (Wildman–Crippen MR) is 72.0 cm³/mol. The van der Waals surface area contributed by atoms with Gasteiger partial charge in [-0.3, -0.25) is 0 Å². The van der Waals surface area contributed by atoms with Gasteiger partial charge in [-0.1, -0.05) is 0 Å². The molecule has 0 saturated carbocycles. The first-order valence-corrected chi connectivity index (χ1v) is 7.77. The van der Waals surface area contributed by atoms with E-state index in [0.29, 0.717) is 18.7 Å². The molecule has 1 aliphatic heterocycles. The van der Waals surface area contributed by atoms with Gasteiger partial charge >= 0.3 is 0 Å². The molecule has 0 amide bonds. The van der Waals surface area contributed by atoms with E-state index in [1.165, 1.54) is 22.5 Å². The van der Waals surface area contributed by atoms with Crippen molar-refractivity contribution in [3.63, 3.8) is 0 Å². The van der Waals surface area contributed by atoms with Crippen molar-refractivity contribution in [2.45, 2.75) is 37.8 Å². The molecular weight excluding hydrogens is 267 g/mol. The maximum absolute atomic E-state index is 13.1. The van der Waals surface area contributed by atoms with E-state index in [9.17, 15) is 12.8 Å². The van der Waals surface area contributed by atoms with E-state index in [1.54, 1.807) is 6.92 Å². The number of halogens is 1. The highest BCUT2D eigenvalue weighted by Crippen LogP contribution is 2.22. The van der Waals surface area contributed by atoms with Gasteiger partial charge < -0.3 is 5.32 Å². The van der Waals surface area contributed by atoms with Gasteiger partial charge in [-0.15, -0.1) is 0 Å². The zero-order chi connectivity index (χ0) is 14.2. The number of hydrogen-bond acceptors (Lipinski definition) is 3. The standard InChI is InChI=1S/C13H19FN2O2S/c1-9-6-12(14)4-5-13(9)19(17,18)16-7-10(2)15-11(3)8-16/h4-6,10-11,15H,7-8H2,1-3H3/t10-,11+. The van der Waals surface area contributed by atoms with Crippen molar-refractivity contribution in [3.05, 3.63) is 29.6 Å². The minimum absolute atomic E-state index is 0.110. The van der Waals surface area contributed by atoms with Gasteiger partial charge in [-0.2, -0.15) is 4.31 Å². The number of aryl methyl sites for hydroxylation is 1. The zero-order valence-electron chi connectivity index (χ0n) is 11.4. The first-order valence-electron chi connectivity index (χ1n) is 6.33. The number of rotatable bonds is 2. The molecule has 0 spiro atoms. The Kier molecular flexibility index (Phi) is 3.94. The van der Waals surface area contributed by atoms with Crippen molar-refractivity contribution in [1.29, 1.82) is 0 Å². The minimum Gasteiger partial charge on any atom is -0.309 e. The fourth-order valence-electron chi connectivity index (χ4n) is 2.51. The molecule has 2 atom stereocenters. The Morgan fingerprint density at radius 2 is 1.84 bits per heavy atom. The molecule has 1 aliphatic rings. The average molecular weight is 286 g/mol. The minimum atomic E-state index is -3.55. The van der Waals surface area contributed by atoms with Crippen molar-refractivity contribution < 1.29 is 12.8 Å². The maximum atomic E-state index is 13.1. The van der Waals surface area contributed by atoms with Gasteiger partial charge in [-0.05, 0) is 44.5 Å². The molecule has 0 aromatic heterocycles. The van der Waals surface area contributed by atoms with Gasteiger partial charge in [-0.25, -0.2) is 12.8 Å². The van der Waals surface area contributed by atoms with Crippen LogP contribution in [0.3, 0.4) is 0 Å². The third-order valence-electron chi connectivity index (χ3n) is 3.28. The molecule has 6 heteroatoms. The van der Waals surface area contributed by atoms with Crippen LogP contribution in [0.5, 0.6) is 0 Å². The zero-order valence-corrected chi connectivity index (χ0v) is 12.2. The van der Waals surface area contributed by atoms with E-state index in [1.807, 2.05) is 13.8 Å². The summed E-state index contributed by atoms with van der Waals surface area (Å²) in [5.41, 5.74) is 0.443. The van der Waals surface area contributed by atoms with E-state index in [2.05, 4.69) is 5.32 Å². The topological polar surface area (TPSA) is 49.4 Å². The second kappa shape index (κ2) is 5.19. The van der Waals surface area contributed by atoms with Crippen molar-refractivity contribution in [2.75, 3.05) is 13.1 Å². The SMILES string of the molecule is Cc1cc(F)ccc1S(=O)(=O)N1C[C@@H](C)N[C@@H](C)C1. The molecule has 4 nitrogen and oxygen atoms in total. The fraction of sp³-hybridized carbons (Fsp3) is 0.538. The van der Waals surface area contributed by atoms with Crippen LogP contribution in [0.15, 0.2) is 23.1 Å². The summed E-state index contributed by atoms with van der Waals surface area (Å²) >= 11 is 0. The molecule has 1 saturated heterocycles. The van der Waals surface area contributed by atoms with Gasteiger partial charge in [0.05, 0.1) is 4.90 Å². The Morgan fingerprint density at radius 3 is 2.37 bits per heavy atom. The molecule has 19 heavy (non-hydrogen) atoms. The smallest absolute Gasteiger partial charge is 0.243 e. The monoisotopic (exact) mass is 286 g/mol. The molecule has 1 heterocycles. The van der Waals surface area contributed by atoms with Gasteiger partial charge in [0.2, 0.25) is 10.0 Å². The largest absolute Gasteiger partial charge is 0.309 e. The Hall–Kier alpha value is -0.980. The lowest BCUT2D eigenvalue weighted by molar-refractivity contribution is 0.263. The highest BCUT2D eigenvalue weighted by molar-refractivity contribution is 7.89. The van der Waals surface area contributed by atoms with Crippen LogP contribution >= 0.6 is 0 Å². The first kappa shape index (κ1) is 14.4. The Balaban J connectivity index is 2.36. The first-order chi connectivity index (χ1) is 8.80. The van der Waals surface area contributed by atoms with Crippen LogP contribution in [0.2, 0.25) is 0 Å². The van der Waals surface area contributed by atoms with Crippen LogP contribution in [0.4, 0.5) is 4.39 Å². The summed E-state index contributed by atoms with van der Waals surface area (Å²) in [5, 5.41) is 3.29. The Labute approximate surface area is 113 Å². The summed E-state index contributed by atoms with van der Waals surface area (Å²) in [4.78, 5) is 0.190. The Morgan fingerprint density at radius 1 is 1.26 bits per heavy atom. The second-order valence-corrected chi connectivity index (χ2v) is 7.11. The lowest BCUT2D eigenvalue weighted by atomic mass is 10.2. The van der Waals surface area contributed by atoms with Crippen molar-refractivity contribution in [1.82, 2.24) is 9.62 Å². The summed E-state index contributed by atoms with van der Waals surface area (Å²) in [5.74, 6) is -0.418. The number of hydrogen-bond donors (Lipinski definition) is 1. The van der Waals surface area contributed by atoms with Gasteiger partial charge in [0, 0.05) is 25.2 Å². The van der Waals surface area contributed by atoms with Crippen molar-refractivity contribution >= 4 is 10.0 Å². The maximum Gasteiger partial charge on any atom is 0.243 e. The third-order valence-corrected chi connectivity index (χ3v) is 5.27. The average Bonchev–Trinajstić information content (AvgIpc) is 2.26. The predicted octanol–water partition coefficient (Wildman–Crippen LogP) is 1.51. The molecule has 1 aromatic rings. The molecule has 0 unspecified atom stereocenters. The number of nitrogens with zero attached hydrogens (tertiary/aromatic N) is 1. The number of sulfonamides is 1. The number of piperazine rings is 1. The molecule has 0 bridgehead atoms. The van der Waals surface area contributed by atoms with E-state index >= 15 is 0 Å². The van der Waals surface area contributed by atoms with Crippen LogP contribution in [0.25, 0.3) is 0 Å². The van der Waals surface area contributed by atoms with Crippen molar-refractivity contribution in [2.24, 2.45) is 0 Å². The van der Waals surface area contributed by atoms with E-state index in [-0.39, 0.29) is 17.0 Å². The van der Waals surface area contributed by atoms with Gasteiger partial charge in [0.1, 0.15) is 5.82 Å². The summed E-state index contributed by atoms with van der Waals surface area (Å²) in [7, 11) is -3.55. The number of nitrogens with one attached hydrogen (secondary N) is 1. The summed E-state index contributed by atoms with van der Waals surface area (Å²) < 4.78 is 39.7. The lowest BCUT2D eigenvalue weighted by Gasteiger charge is -2.35. The molecule has 2 rings (SSSR count). The molecule has 106 valence electrons. The van der Waals surface area contributed by atoms with Crippen LogP contribution < -0.4 is 5.32 Å². The second-order valence-electron chi connectivity index (χ2n) is 5.20. The molecule has 0 radical (unpaired) electrons. The van der Waals surface area contributed by atoms with Crippen LogP contribution in [-0.2, 0) is 10.0 Å². The van der Waals surface area contributed by atoms with E-state index in [4.69, 9.17) is 0 Å². The van der Waals surface area contributed by atoms with Crippen LogP contribution in [0, 0.1) is 12.7 Å². The van der Waals surface area contributed by atoms with Crippen LogP contribution in [0.1, 0.15) is 19.4 Å². The third kappa shape index (κ3) is 2.96. The van der Waals surface area contributed by atoms with Crippen LogP contribution in [-0.4, -0.2) is 37.9 Å². The van der Waals surface area contributed by atoms with E-state index < -0.39 is 15.8 Å². The summed E-state index contributed by atoms with van der Waals surface area (Å²) in [6.07, 6.45) is 0. The molecule has 1 N–H and O–H groups in total. The molecular formula is C13H19FN2O2S. The highest BCUT2D eigenvalue weighted by atomic mass is 32.2. The van der Waals surface area contributed by atoms with Gasteiger partial charge in [0.25, 0.3) is 0 Å². The Bertz CT molecular complexity index is 564. The van der Waals surface area contributed by atoms with Crippen molar-refractivity contribution in [3.8, 4) is 0 Å². The fourth-order valence-corrected chi connectivity index (χ4v) is 4.34.